The fourth-order valence-electron chi connectivity index (χ4n) is 5.01. The molecule has 0 aliphatic heterocycles. The molecule has 4 rings (SSSR count). The Kier molecular flexibility index (Phi) is 13.1. The van der Waals surface area contributed by atoms with Crippen LogP contribution >= 0.6 is 0 Å². The van der Waals surface area contributed by atoms with Gasteiger partial charge in [0.2, 0.25) is 0 Å². The third kappa shape index (κ3) is 8.94. The van der Waals surface area contributed by atoms with Crippen molar-refractivity contribution in [3.8, 4) is 22.6 Å². The molecule has 0 heterocycles. The molecule has 0 saturated carbocycles. The standard InChI is InChI=1S/C35H38N2O4.Ac/c1-24(36)29-11-7-10-26(20-29)21-31(23-38)32(18-12-25-8-5-4-6-9-25)37-35(39)28-15-13-27(14-16-28)30-17-19-33(40-2)34(22-30)41-3;/h4-11,13-17,19-20,22,31-32,38H,1,12,18,21,23,36H2,2-3H3,(H,37,39);. The van der Waals surface area contributed by atoms with Gasteiger partial charge in [0.25, 0.3) is 5.91 Å². The fourth-order valence-corrected chi connectivity index (χ4v) is 5.01. The molecule has 2 atom stereocenters. The predicted octanol–water partition coefficient (Wildman–Crippen LogP) is 5.88. The number of methoxy groups -OCH3 is 2. The summed E-state index contributed by atoms with van der Waals surface area (Å²) < 4.78 is 10.8. The van der Waals surface area contributed by atoms with E-state index < -0.39 is 0 Å². The van der Waals surface area contributed by atoms with Crippen LogP contribution in [-0.4, -0.2) is 37.9 Å². The van der Waals surface area contributed by atoms with E-state index >= 15 is 0 Å². The molecule has 42 heavy (non-hydrogen) atoms. The van der Waals surface area contributed by atoms with Gasteiger partial charge in [0.1, 0.15) is 0 Å². The summed E-state index contributed by atoms with van der Waals surface area (Å²) in [7, 11) is 3.21. The van der Waals surface area contributed by atoms with Crippen molar-refractivity contribution in [3.63, 3.8) is 0 Å². The van der Waals surface area contributed by atoms with Crippen LogP contribution < -0.4 is 20.5 Å². The molecule has 4 aromatic rings. The van der Waals surface area contributed by atoms with Crippen LogP contribution in [0.15, 0.2) is 104 Å². The Morgan fingerprint density at radius 1 is 0.833 bits per heavy atom. The Morgan fingerprint density at radius 3 is 2.14 bits per heavy atom. The molecule has 0 aliphatic carbocycles. The second kappa shape index (κ2) is 16.5. The van der Waals surface area contributed by atoms with E-state index in [2.05, 4.69) is 24.0 Å². The molecule has 6 nitrogen and oxygen atoms in total. The van der Waals surface area contributed by atoms with E-state index in [1.54, 1.807) is 14.2 Å². The third-order valence-electron chi connectivity index (χ3n) is 7.37. The van der Waals surface area contributed by atoms with Crippen LogP contribution in [0.4, 0.5) is 0 Å². The molecule has 0 aliphatic rings. The van der Waals surface area contributed by atoms with E-state index in [9.17, 15) is 9.90 Å². The summed E-state index contributed by atoms with van der Waals surface area (Å²) in [5.74, 6) is 0.941. The molecule has 215 valence electrons. The number of ether oxygens (including phenoxy) is 2. The van der Waals surface area contributed by atoms with Crippen LogP contribution in [0.5, 0.6) is 11.5 Å². The Hall–Kier alpha value is -3.11. The fraction of sp³-hybridized carbons (Fsp3) is 0.229. The van der Waals surface area contributed by atoms with Gasteiger partial charge in [0.05, 0.1) is 14.2 Å². The first-order valence-electron chi connectivity index (χ1n) is 13.7. The number of rotatable bonds is 13. The first-order valence-corrected chi connectivity index (χ1v) is 13.7. The van der Waals surface area contributed by atoms with Crippen molar-refractivity contribution >= 4 is 11.6 Å². The van der Waals surface area contributed by atoms with Crippen molar-refractivity contribution in [2.75, 3.05) is 20.8 Å². The number of carbonyl (C=O) groups is 1. The van der Waals surface area contributed by atoms with Gasteiger partial charge in [-0.3, -0.25) is 4.79 Å². The monoisotopic (exact) mass is 777 g/mol. The number of nitrogens with one attached hydrogen (secondary N) is 1. The molecule has 7 heteroatoms. The van der Waals surface area contributed by atoms with Gasteiger partial charge < -0.3 is 25.6 Å². The van der Waals surface area contributed by atoms with Crippen molar-refractivity contribution in [2.24, 2.45) is 11.7 Å². The van der Waals surface area contributed by atoms with Gasteiger partial charge in [0.15, 0.2) is 11.5 Å². The smallest absolute Gasteiger partial charge is 0.251 e. The number of nitrogens with two attached hydrogens (primary N) is 1. The zero-order valence-electron chi connectivity index (χ0n) is 24.3. The van der Waals surface area contributed by atoms with Crippen LogP contribution in [-0.2, 0) is 12.8 Å². The van der Waals surface area contributed by atoms with Crippen LogP contribution in [0, 0.1) is 50.0 Å². The maximum absolute atomic E-state index is 13.5. The van der Waals surface area contributed by atoms with Crippen LogP contribution in [0.1, 0.15) is 33.5 Å². The summed E-state index contributed by atoms with van der Waals surface area (Å²) in [6.07, 6.45) is 2.06. The van der Waals surface area contributed by atoms with Crippen molar-refractivity contribution < 1.29 is 63.4 Å². The van der Waals surface area contributed by atoms with Gasteiger partial charge in [-0.25, -0.2) is 0 Å². The molecule has 1 amide bonds. The SMILES string of the molecule is C=C(N)c1cccc(CC(CO)C(CCc2ccccc2)NC(=O)c2ccc(-c3ccc(OC)c(OC)c3)cc2)c1.[Ac]. The van der Waals surface area contributed by atoms with Crippen molar-refractivity contribution in [2.45, 2.75) is 25.3 Å². The molecular formula is C35H38AcN2O4. The van der Waals surface area contributed by atoms with E-state index in [4.69, 9.17) is 15.2 Å². The minimum atomic E-state index is -0.247. The minimum absolute atomic E-state index is 0. The second-order valence-electron chi connectivity index (χ2n) is 10.1. The molecule has 0 spiro atoms. The average Bonchev–Trinajstić information content (AvgIpc) is 3.02. The molecule has 4 aromatic carbocycles. The minimum Gasteiger partial charge on any atom is -0.493 e. The van der Waals surface area contributed by atoms with Gasteiger partial charge in [0, 0.05) is 73.9 Å². The van der Waals surface area contributed by atoms with E-state index in [0.29, 0.717) is 35.6 Å². The predicted molar refractivity (Wildman–Crippen MR) is 165 cm³/mol. The molecule has 1 radical (unpaired) electrons. The molecule has 0 saturated heterocycles. The van der Waals surface area contributed by atoms with Gasteiger partial charge in [-0.05, 0) is 77.4 Å². The number of aliphatic hydroxyl groups is 1. The first kappa shape index (κ1) is 33.4. The van der Waals surface area contributed by atoms with Crippen LogP contribution in [0.25, 0.3) is 16.8 Å². The number of benzene rings is 4. The molecule has 4 N–H and O–H groups in total. The van der Waals surface area contributed by atoms with Gasteiger partial charge in [-0.15, -0.1) is 0 Å². The van der Waals surface area contributed by atoms with Crippen molar-refractivity contribution in [1.29, 1.82) is 0 Å². The Morgan fingerprint density at radius 2 is 1.50 bits per heavy atom. The number of hydrogen-bond donors (Lipinski definition) is 3. The topological polar surface area (TPSA) is 93.8 Å². The Balaban J connectivity index is 0.00000484. The van der Waals surface area contributed by atoms with Gasteiger partial charge in [-0.2, -0.15) is 0 Å². The maximum atomic E-state index is 13.5. The zero-order valence-corrected chi connectivity index (χ0v) is 29.0. The quantitative estimate of drug-likeness (QED) is 0.158. The average molecular weight is 778 g/mol. The molecule has 0 fully saturated rings. The Bertz CT molecular complexity index is 1460. The van der Waals surface area contributed by atoms with E-state index in [0.717, 1.165) is 28.7 Å². The number of aryl methyl sites for hydroxylation is 1. The van der Waals surface area contributed by atoms with Gasteiger partial charge >= 0.3 is 0 Å². The second-order valence-corrected chi connectivity index (χ2v) is 10.1. The molecular weight excluding hydrogens is 739 g/mol. The summed E-state index contributed by atoms with van der Waals surface area (Å²) >= 11 is 0. The van der Waals surface area contributed by atoms with Crippen LogP contribution in [0.2, 0.25) is 0 Å². The number of hydrogen-bond acceptors (Lipinski definition) is 5. The molecule has 0 bridgehead atoms. The number of amides is 1. The summed E-state index contributed by atoms with van der Waals surface area (Å²) in [5.41, 5.74) is 12.0. The molecule has 0 aromatic heterocycles. The zero-order chi connectivity index (χ0) is 29.2. The Labute approximate surface area is 284 Å². The van der Waals surface area contributed by atoms with Crippen molar-refractivity contribution in [3.05, 3.63) is 126 Å². The van der Waals surface area contributed by atoms with E-state index in [-0.39, 0.29) is 68.5 Å². The summed E-state index contributed by atoms with van der Waals surface area (Å²) in [6.45, 7) is 3.77. The first-order chi connectivity index (χ1) is 19.9. The summed E-state index contributed by atoms with van der Waals surface area (Å²) in [4.78, 5) is 13.5. The summed E-state index contributed by atoms with van der Waals surface area (Å²) in [5, 5.41) is 13.7. The van der Waals surface area contributed by atoms with Crippen molar-refractivity contribution in [1.82, 2.24) is 5.32 Å². The van der Waals surface area contributed by atoms with Crippen LogP contribution in [0.3, 0.4) is 0 Å². The van der Waals surface area contributed by atoms with E-state index in [1.165, 1.54) is 5.56 Å². The maximum Gasteiger partial charge on any atom is 0.251 e. The normalized spacial score (nSPS) is 12.0. The van der Waals surface area contributed by atoms with Gasteiger partial charge in [-0.1, -0.05) is 73.3 Å². The number of carbonyl (C=O) groups excluding carboxylic acids is 1. The number of aliphatic hydroxyl groups excluding tert-OH is 1. The van der Waals surface area contributed by atoms with E-state index in [1.807, 2.05) is 84.9 Å². The third-order valence-corrected chi connectivity index (χ3v) is 7.37. The summed E-state index contributed by atoms with van der Waals surface area (Å²) in [6, 6.07) is 31.0. The largest absolute Gasteiger partial charge is 0.493 e. The molecule has 2 unspecified atom stereocenters.